The maximum atomic E-state index is 12.7. The molecule has 3 aromatic rings. The van der Waals surface area contributed by atoms with Crippen molar-refractivity contribution in [2.45, 2.75) is 25.4 Å². The number of ether oxygens (including phenoxy) is 1. The number of rotatable bonds is 8. The first kappa shape index (κ1) is 21.3. The lowest BCUT2D eigenvalue weighted by Gasteiger charge is -2.13. The molecule has 1 amide bonds. The standard InChI is InChI=1S/C24H27N3O3S/c1-30-22-10-9-18(23(29)25-12-11-21(28)17-7-3-2-4-8-17)15-19(22)20-16-31-24(26-20)27-13-5-6-14-27/h2-4,7-10,15-16,21,28H,5-6,11-14H2,1H3,(H,25,29). The van der Waals surface area contributed by atoms with E-state index in [0.29, 0.717) is 24.3 Å². The molecule has 1 aliphatic heterocycles. The molecule has 1 aromatic heterocycles. The van der Waals surface area contributed by atoms with E-state index < -0.39 is 6.10 Å². The molecular weight excluding hydrogens is 410 g/mol. The molecule has 1 fully saturated rings. The minimum atomic E-state index is -0.605. The van der Waals surface area contributed by atoms with Gasteiger partial charge in [0, 0.05) is 36.1 Å². The largest absolute Gasteiger partial charge is 0.496 e. The minimum absolute atomic E-state index is 0.181. The molecule has 0 bridgehead atoms. The van der Waals surface area contributed by atoms with Crippen LogP contribution < -0.4 is 15.0 Å². The Hall–Kier alpha value is -2.90. The summed E-state index contributed by atoms with van der Waals surface area (Å²) in [5.74, 6) is 0.508. The summed E-state index contributed by atoms with van der Waals surface area (Å²) in [6, 6.07) is 14.8. The molecule has 6 nitrogen and oxygen atoms in total. The van der Waals surface area contributed by atoms with Crippen LogP contribution in [0.15, 0.2) is 53.9 Å². The van der Waals surface area contributed by atoms with E-state index in [1.54, 1.807) is 30.6 Å². The Morgan fingerprint density at radius 1 is 1.23 bits per heavy atom. The van der Waals surface area contributed by atoms with Gasteiger partial charge in [-0.15, -0.1) is 11.3 Å². The van der Waals surface area contributed by atoms with Gasteiger partial charge in [0.1, 0.15) is 5.75 Å². The van der Waals surface area contributed by atoms with Gasteiger partial charge in [0.05, 0.1) is 18.9 Å². The van der Waals surface area contributed by atoms with Crippen molar-refractivity contribution in [3.05, 3.63) is 65.0 Å². The number of methoxy groups -OCH3 is 1. The zero-order valence-corrected chi connectivity index (χ0v) is 18.4. The number of thiazole rings is 1. The predicted octanol–water partition coefficient (Wildman–Crippen LogP) is 4.27. The summed E-state index contributed by atoms with van der Waals surface area (Å²) in [6.45, 7) is 2.47. The number of carbonyl (C=O) groups excluding carboxylic acids is 1. The average Bonchev–Trinajstić information content (AvgIpc) is 3.51. The Morgan fingerprint density at radius 3 is 2.74 bits per heavy atom. The third kappa shape index (κ3) is 5.06. The van der Waals surface area contributed by atoms with Crippen LogP contribution >= 0.6 is 11.3 Å². The first-order valence-electron chi connectivity index (χ1n) is 10.6. The van der Waals surface area contributed by atoms with E-state index in [2.05, 4.69) is 10.2 Å². The summed E-state index contributed by atoms with van der Waals surface area (Å²) in [6.07, 6.45) is 2.25. The molecule has 0 aliphatic carbocycles. The van der Waals surface area contributed by atoms with Gasteiger partial charge in [-0.25, -0.2) is 4.98 Å². The van der Waals surface area contributed by atoms with Crippen molar-refractivity contribution in [3.63, 3.8) is 0 Å². The first-order chi connectivity index (χ1) is 15.2. The highest BCUT2D eigenvalue weighted by Gasteiger charge is 2.19. The molecule has 1 saturated heterocycles. The summed E-state index contributed by atoms with van der Waals surface area (Å²) in [7, 11) is 1.62. The highest BCUT2D eigenvalue weighted by atomic mass is 32.1. The maximum Gasteiger partial charge on any atom is 0.251 e. The fraction of sp³-hybridized carbons (Fsp3) is 0.333. The van der Waals surface area contributed by atoms with Gasteiger partial charge in [0.25, 0.3) is 5.91 Å². The number of anilines is 1. The maximum absolute atomic E-state index is 12.7. The van der Waals surface area contributed by atoms with Gasteiger partial charge in [-0.2, -0.15) is 0 Å². The van der Waals surface area contributed by atoms with Crippen LogP contribution in [0.4, 0.5) is 5.13 Å². The van der Waals surface area contributed by atoms with Crippen LogP contribution in [-0.2, 0) is 0 Å². The third-order valence-corrected chi connectivity index (χ3v) is 6.40. The fourth-order valence-electron chi connectivity index (χ4n) is 3.76. The molecule has 1 atom stereocenters. The van der Waals surface area contributed by atoms with Gasteiger partial charge in [0.2, 0.25) is 0 Å². The zero-order valence-electron chi connectivity index (χ0n) is 17.6. The van der Waals surface area contributed by atoms with Crippen molar-refractivity contribution >= 4 is 22.4 Å². The SMILES string of the molecule is COc1ccc(C(=O)NCCC(O)c2ccccc2)cc1-c1csc(N2CCCC2)n1. The number of nitrogens with zero attached hydrogens (tertiary/aromatic N) is 2. The van der Waals surface area contributed by atoms with Gasteiger partial charge in [-0.1, -0.05) is 30.3 Å². The van der Waals surface area contributed by atoms with Crippen molar-refractivity contribution in [3.8, 4) is 17.0 Å². The van der Waals surface area contributed by atoms with Crippen LogP contribution in [0.2, 0.25) is 0 Å². The fourth-order valence-corrected chi connectivity index (χ4v) is 4.64. The molecule has 1 aliphatic rings. The average molecular weight is 438 g/mol. The Morgan fingerprint density at radius 2 is 2.00 bits per heavy atom. The summed E-state index contributed by atoms with van der Waals surface area (Å²) in [5.41, 5.74) is 3.01. The number of benzene rings is 2. The van der Waals surface area contributed by atoms with Crippen LogP contribution in [-0.4, -0.2) is 42.7 Å². The Bertz CT molecular complexity index is 1020. The Balaban J connectivity index is 1.43. The van der Waals surface area contributed by atoms with E-state index in [0.717, 1.165) is 35.0 Å². The van der Waals surface area contributed by atoms with E-state index in [1.807, 2.05) is 41.8 Å². The van der Waals surface area contributed by atoms with Crippen LogP contribution in [0.1, 0.15) is 41.3 Å². The highest BCUT2D eigenvalue weighted by Crippen LogP contribution is 2.35. The number of hydrogen-bond donors (Lipinski definition) is 2. The van der Waals surface area contributed by atoms with Crippen LogP contribution in [0.3, 0.4) is 0 Å². The topological polar surface area (TPSA) is 74.7 Å². The molecule has 31 heavy (non-hydrogen) atoms. The summed E-state index contributed by atoms with van der Waals surface area (Å²) < 4.78 is 5.52. The molecule has 2 N–H and O–H groups in total. The number of carbonyl (C=O) groups is 1. The molecule has 0 saturated carbocycles. The number of hydrogen-bond acceptors (Lipinski definition) is 6. The Kier molecular flexibility index (Phi) is 6.84. The minimum Gasteiger partial charge on any atom is -0.496 e. The van der Waals surface area contributed by atoms with Crippen molar-refractivity contribution in [2.24, 2.45) is 0 Å². The van der Waals surface area contributed by atoms with Gasteiger partial charge in [0.15, 0.2) is 5.13 Å². The quantitative estimate of drug-likeness (QED) is 0.550. The Labute approximate surface area is 186 Å². The van der Waals surface area contributed by atoms with E-state index in [9.17, 15) is 9.90 Å². The van der Waals surface area contributed by atoms with E-state index in [4.69, 9.17) is 9.72 Å². The number of aliphatic hydroxyl groups is 1. The summed E-state index contributed by atoms with van der Waals surface area (Å²) in [5, 5.41) is 16.2. The van der Waals surface area contributed by atoms with E-state index in [-0.39, 0.29) is 5.91 Å². The number of aromatic nitrogens is 1. The molecule has 0 radical (unpaired) electrons. The second-order valence-electron chi connectivity index (χ2n) is 7.60. The molecule has 1 unspecified atom stereocenters. The van der Waals surface area contributed by atoms with Gasteiger partial charge in [-0.3, -0.25) is 4.79 Å². The van der Waals surface area contributed by atoms with Crippen LogP contribution in [0.5, 0.6) is 5.75 Å². The van der Waals surface area contributed by atoms with Crippen molar-refractivity contribution < 1.29 is 14.6 Å². The summed E-state index contributed by atoms with van der Waals surface area (Å²) >= 11 is 1.62. The smallest absolute Gasteiger partial charge is 0.251 e. The van der Waals surface area contributed by atoms with Crippen molar-refractivity contribution in [1.29, 1.82) is 0 Å². The van der Waals surface area contributed by atoms with E-state index >= 15 is 0 Å². The first-order valence-corrected chi connectivity index (χ1v) is 11.4. The predicted molar refractivity (Wildman–Crippen MR) is 124 cm³/mol. The number of nitrogens with one attached hydrogen (secondary N) is 1. The third-order valence-electron chi connectivity index (χ3n) is 5.49. The monoisotopic (exact) mass is 437 g/mol. The molecule has 0 spiro atoms. The summed E-state index contributed by atoms with van der Waals surface area (Å²) in [4.78, 5) is 19.8. The second-order valence-corrected chi connectivity index (χ2v) is 8.43. The van der Waals surface area contributed by atoms with E-state index in [1.165, 1.54) is 12.8 Å². The van der Waals surface area contributed by atoms with Gasteiger partial charge < -0.3 is 20.1 Å². The molecular formula is C24H27N3O3S. The molecule has 2 heterocycles. The van der Waals surface area contributed by atoms with Gasteiger partial charge >= 0.3 is 0 Å². The normalized spacial score (nSPS) is 14.5. The molecule has 162 valence electrons. The molecule has 7 heteroatoms. The lowest BCUT2D eigenvalue weighted by molar-refractivity contribution is 0.0942. The molecule has 2 aromatic carbocycles. The second kappa shape index (κ2) is 9.94. The van der Waals surface area contributed by atoms with Crippen molar-refractivity contribution in [2.75, 3.05) is 31.6 Å². The highest BCUT2D eigenvalue weighted by molar-refractivity contribution is 7.14. The lowest BCUT2D eigenvalue weighted by Crippen LogP contribution is -2.25. The zero-order chi connectivity index (χ0) is 21.6. The number of amides is 1. The van der Waals surface area contributed by atoms with Crippen LogP contribution in [0.25, 0.3) is 11.3 Å². The van der Waals surface area contributed by atoms with Gasteiger partial charge in [-0.05, 0) is 43.0 Å². The van der Waals surface area contributed by atoms with Crippen molar-refractivity contribution in [1.82, 2.24) is 10.3 Å². The molecule has 4 rings (SSSR count). The van der Waals surface area contributed by atoms with Crippen LogP contribution in [0, 0.1) is 0 Å². The number of aliphatic hydroxyl groups excluding tert-OH is 1. The lowest BCUT2D eigenvalue weighted by atomic mass is 10.1.